The van der Waals surface area contributed by atoms with Gasteiger partial charge in [0, 0.05) is 24.5 Å². The summed E-state index contributed by atoms with van der Waals surface area (Å²) in [5.41, 5.74) is 1.56. The Kier molecular flexibility index (Phi) is 5.12. The number of rotatable bonds is 5. The van der Waals surface area contributed by atoms with Crippen LogP contribution < -0.4 is 10.6 Å². The van der Waals surface area contributed by atoms with Crippen molar-refractivity contribution in [1.29, 1.82) is 0 Å². The van der Waals surface area contributed by atoms with E-state index in [-0.39, 0.29) is 11.8 Å². The third kappa shape index (κ3) is 3.71. The highest BCUT2D eigenvalue weighted by molar-refractivity contribution is 5.99. The number of nitrogens with zero attached hydrogens (tertiary/aromatic N) is 1. The Labute approximate surface area is 147 Å². The molecule has 1 saturated carbocycles. The average molecular weight is 337 g/mol. The number of nitrogens with one attached hydrogen (secondary N) is 2. The van der Waals surface area contributed by atoms with Crippen molar-refractivity contribution in [3.8, 4) is 11.1 Å². The minimum atomic E-state index is -0.796. The van der Waals surface area contributed by atoms with Crippen molar-refractivity contribution in [2.24, 2.45) is 0 Å². The number of benzene rings is 1. The van der Waals surface area contributed by atoms with E-state index >= 15 is 0 Å². The maximum absolute atomic E-state index is 12.8. The molecule has 2 N–H and O–H groups in total. The first-order valence-electron chi connectivity index (χ1n) is 8.76. The van der Waals surface area contributed by atoms with E-state index in [2.05, 4.69) is 15.6 Å². The Morgan fingerprint density at radius 2 is 1.80 bits per heavy atom. The molecule has 1 fully saturated rings. The minimum Gasteiger partial charge on any atom is -0.354 e. The van der Waals surface area contributed by atoms with Crippen LogP contribution >= 0.6 is 0 Å². The van der Waals surface area contributed by atoms with Gasteiger partial charge in [0.2, 0.25) is 5.91 Å². The third-order valence-corrected chi connectivity index (χ3v) is 4.69. The monoisotopic (exact) mass is 337 g/mol. The Morgan fingerprint density at radius 1 is 1.08 bits per heavy atom. The molecule has 5 heteroatoms. The van der Waals surface area contributed by atoms with Gasteiger partial charge in [-0.25, -0.2) is 0 Å². The molecule has 0 atom stereocenters. The summed E-state index contributed by atoms with van der Waals surface area (Å²) in [4.78, 5) is 29.4. The van der Waals surface area contributed by atoms with Gasteiger partial charge >= 0.3 is 0 Å². The molecule has 25 heavy (non-hydrogen) atoms. The molecule has 1 heterocycles. The summed E-state index contributed by atoms with van der Waals surface area (Å²) in [6.07, 6.45) is 6.52. The summed E-state index contributed by atoms with van der Waals surface area (Å²) in [6, 6.07) is 11.6. The van der Waals surface area contributed by atoms with Crippen LogP contribution in [0.5, 0.6) is 0 Å². The van der Waals surface area contributed by atoms with Gasteiger partial charge in [-0.3, -0.25) is 14.6 Å². The van der Waals surface area contributed by atoms with Crippen molar-refractivity contribution >= 4 is 11.8 Å². The van der Waals surface area contributed by atoms with Crippen LogP contribution in [-0.2, 0) is 4.79 Å². The van der Waals surface area contributed by atoms with Crippen molar-refractivity contribution < 1.29 is 9.59 Å². The van der Waals surface area contributed by atoms with Crippen LogP contribution in [0.4, 0.5) is 0 Å². The average Bonchev–Trinajstić information content (AvgIpc) is 3.12. The van der Waals surface area contributed by atoms with E-state index in [0.717, 1.165) is 24.0 Å². The van der Waals surface area contributed by atoms with E-state index in [0.29, 0.717) is 24.9 Å². The predicted octanol–water partition coefficient (Wildman–Crippen LogP) is 2.93. The van der Waals surface area contributed by atoms with E-state index in [4.69, 9.17) is 0 Å². The standard InChI is InChI=1S/C20H23N3O2/c1-2-22-19(25)20(10-6-7-11-20)23-18(24)17-12-16(13-21-14-17)15-8-4-3-5-9-15/h3-5,8-9,12-14H,2,6-7,10-11H2,1H3,(H,22,25)(H,23,24). The second-order valence-corrected chi connectivity index (χ2v) is 6.43. The van der Waals surface area contributed by atoms with Gasteiger partial charge in [0.05, 0.1) is 5.56 Å². The molecular weight excluding hydrogens is 314 g/mol. The molecule has 2 aromatic rings. The lowest BCUT2D eigenvalue weighted by atomic mass is 9.95. The molecule has 5 nitrogen and oxygen atoms in total. The number of amides is 2. The van der Waals surface area contributed by atoms with Gasteiger partial charge in [-0.15, -0.1) is 0 Å². The van der Waals surface area contributed by atoms with Crippen molar-refractivity contribution in [3.05, 3.63) is 54.4 Å². The van der Waals surface area contributed by atoms with Crippen LogP contribution in [0, 0.1) is 0 Å². The molecule has 3 rings (SSSR count). The topological polar surface area (TPSA) is 71.1 Å². The van der Waals surface area contributed by atoms with Gasteiger partial charge in [-0.1, -0.05) is 43.2 Å². The zero-order chi connectivity index (χ0) is 17.7. The number of carbonyl (C=O) groups excluding carboxylic acids is 2. The zero-order valence-corrected chi connectivity index (χ0v) is 14.4. The van der Waals surface area contributed by atoms with Crippen molar-refractivity contribution in [2.75, 3.05) is 6.54 Å². The first-order valence-corrected chi connectivity index (χ1v) is 8.76. The molecule has 1 aliphatic rings. The number of likely N-dealkylation sites (N-methyl/N-ethyl adjacent to an activating group) is 1. The molecule has 1 aromatic heterocycles. The summed E-state index contributed by atoms with van der Waals surface area (Å²) < 4.78 is 0. The fraction of sp³-hybridized carbons (Fsp3) is 0.350. The Morgan fingerprint density at radius 3 is 2.48 bits per heavy atom. The molecule has 0 spiro atoms. The van der Waals surface area contributed by atoms with Crippen LogP contribution in [0.3, 0.4) is 0 Å². The number of aromatic nitrogens is 1. The molecular formula is C20H23N3O2. The molecule has 0 aliphatic heterocycles. The minimum absolute atomic E-state index is 0.0898. The van der Waals surface area contributed by atoms with E-state index in [1.807, 2.05) is 43.3 Å². The molecule has 1 aliphatic carbocycles. The Hall–Kier alpha value is -2.69. The van der Waals surface area contributed by atoms with Gasteiger partial charge in [0.25, 0.3) is 5.91 Å². The van der Waals surface area contributed by atoms with Gasteiger partial charge in [-0.2, -0.15) is 0 Å². The highest BCUT2D eigenvalue weighted by Crippen LogP contribution is 2.30. The van der Waals surface area contributed by atoms with E-state index < -0.39 is 5.54 Å². The summed E-state index contributed by atoms with van der Waals surface area (Å²) in [6.45, 7) is 2.44. The lowest BCUT2D eigenvalue weighted by molar-refractivity contribution is -0.127. The third-order valence-electron chi connectivity index (χ3n) is 4.69. The first-order chi connectivity index (χ1) is 12.1. The lowest BCUT2D eigenvalue weighted by Crippen LogP contribution is -2.57. The number of hydrogen-bond donors (Lipinski definition) is 2. The summed E-state index contributed by atoms with van der Waals surface area (Å²) in [5.74, 6) is -0.341. The summed E-state index contributed by atoms with van der Waals surface area (Å²) in [5, 5.41) is 5.83. The van der Waals surface area contributed by atoms with Crippen molar-refractivity contribution in [1.82, 2.24) is 15.6 Å². The van der Waals surface area contributed by atoms with Crippen LogP contribution in [0.25, 0.3) is 11.1 Å². The highest BCUT2D eigenvalue weighted by Gasteiger charge is 2.42. The number of carbonyl (C=O) groups is 2. The quantitative estimate of drug-likeness (QED) is 0.881. The zero-order valence-electron chi connectivity index (χ0n) is 14.4. The van der Waals surface area contributed by atoms with E-state index in [1.54, 1.807) is 12.4 Å². The summed E-state index contributed by atoms with van der Waals surface area (Å²) >= 11 is 0. The highest BCUT2D eigenvalue weighted by atomic mass is 16.2. The summed E-state index contributed by atoms with van der Waals surface area (Å²) in [7, 11) is 0. The molecule has 0 unspecified atom stereocenters. The van der Waals surface area contributed by atoms with Crippen LogP contribution in [0.15, 0.2) is 48.8 Å². The lowest BCUT2D eigenvalue weighted by Gasteiger charge is -2.28. The SMILES string of the molecule is CCNC(=O)C1(NC(=O)c2cncc(-c3ccccc3)c2)CCCC1. The molecule has 130 valence electrons. The molecule has 0 bridgehead atoms. The number of pyridine rings is 1. The molecule has 0 radical (unpaired) electrons. The van der Waals surface area contributed by atoms with Gasteiger partial charge in [0.15, 0.2) is 0 Å². The number of hydrogen-bond acceptors (Lipinski definition) is 3. The van der Waals surface area contributed by atoms with Crippen LogP contribution in [-0.4, -0.2) is 28.9 Å². The van der Waals surface area contributed by atoms with Crippen LogP contribution in [0.2, 0.25) is 0 Å². The van der Waals surface area contributed by atoms with E-state index in [1.165, 1.54) is 0 Å². The normalized spacial score (nSPS) is 15.6. The second kappa shape index (κ2) is 7.47. The van der Waals surface area contributed by atoms with Crippen molar-refractivity contribution in [3.63, 3.8) is 0 Å². The van der Waals surface area contributed by atoms with E-state index in [9.17, 15) is 9.59 Å². The fourth-order valence-electron chi connectivity index (χ4n) is 3.36. The predicted molar refractivity (Wildman–Crippen MR) is 97.0 cm³/mol. The van der Waals surface area contributed by atoms with Crippen molar-refractivity contribution in [2.45, 2.75) is 38.1 Å². The second-order valence-electron chi connectivity index (χ2n) is 6.43. The van der Waals surface area contributed by atoms with Gasteiger partial charge in [0.1, 0.15) is 5.54 Å². The first kappa shape index (κ1) is 17.1. The van der Waals surface area contributed by atoms with Crippen LogP contribution in [0.1, 0.15) is 43.0 Å². The smallest absolute Gasteiger partial charge is 0.253 e. The fourth-order valence-corrected chi connectivity index (χ4v) is 3.36. The van der Waals surface area contributed by atoms with Gasteiger partial charge in [-0.05, 0) is 31.4 Å². The molecule has 2 amide bonds. The Balaban J connectivity index is 1.82. The maximum atomic E-state index is 12.8. The van der Waals surface area contributed by atoms with Gasteiger partial charge < -0.3 is 10.6 Å². The molecule has 1 aromatic carbocycles. The molecule has 0 saturated heterocycles. The Bertz CT molecular complexity index is 753. The maximum Gasteiger partial charge on any atom is 0.253 e. The largest absolute Gasteiger partial charge is 0.354 e.